The van der Waals surface area contributed by atoms with E-state index in [4.69, 9.17) is 10.7 Å². The van der Waals surface area contributed by atoms with Gasteiger partial charge in [0.25, 0.3) is 15.5 Å². The lowest BCUT2D eigenvalue weighted by Gasteiger charge is -2.10. The van der Waals surface area contributed by atoms with Gasteiger partial charge in [0.15, 0.2) is 4.90 Å². The molecule has 0 saturated carbocycles. The largest absolute Gasteiger partial charge is 0.480 e. The molecule has 1 aromatic rings. The van der Waals surface area contributed by atoms with Crippen LogP contribution >= 0.6 is 33.3 Å². The average Bonchev–Trinajstić information content (AvgIpc) is 2.14. The van der Waals surface area contributed by atoms with E-state index in [0.29, 0.717) is 0 Å². The Bertz CT molecular complexity index is 509. The summed E-state index contributed by atoms with van der Waals surface area (Å²) < 4.78 is 51.9. The number of nitrogens with zero attached hydrogens (tertiary/aromatic N) is 1. The first-order valence-corrected chi connectivity index (χ1v) is 7.13. The zero-order valence-corrected chi connectivity index (χ0v) is 11.5. The topological polar surface area (TPSA) is 56.3 Å². The highest BCUT2D eigenvalue weighted by Crippen LogP contribution is 2.35. The summed E-state index contributed by atoms with van der Waals surface area (Å²) in [4.78, 5) is 2.94. The lowest BCUT2D eigenvalue weighted by atomic mass is 10.3. The Hall–Kier alpha value is -0.220. The van der Waals surface area contributed by atoms with Crippen LogP contribution in [0, 0.1) is 3.57 Å². The minimum Gasteiger partial charge on any atom is -0.480 e. The molecule has 0 aliphatic carbocycles. The second kappa shape index (κ2) is 4.96. The van der Waals surface area contributed by atoms with E-state index in [2.05, 4.69) is 9.72 Å². The summed E-state index contributed by atoms with van der Waals surface area (Å²) in [5.74, 6) is -0.302. The first-order valence-electron chi connectivity index (χ1n) is 3.74. The smallest absolute Gasteiger partial charge is 0.267 e. The number of hydrogen-bond donors (Lipinski definition) is 0. The molecule has 9 heteroatoms. The normalized spacial score (nSPS) is 11.9. The molecule has 0 N–H and O–H groups in total. The van der Waals surface area contributed by atoms with Gasteiger partial charge in [0, 0.05) is 20.4 Å². The van der Waals surface area contributed by atoms with Gasteiger partial charge in [-0.3, -0.25) is 0 Å². The highest BCUT2D eigenvalue weighted by molar-refractivity contribution is 14.1. The van der Waals surface area contributed by atoms with E-state index in [9.17, 15) is 17.2 Å². The van der Waals surface area contributed by atoms with Crippen molar-refractivity contribution < 1.29 is 21.9 Å². The Labute approximate surface area is 109 Å². The number of alkyl halides is 2. The molecule has 90 valence electrons. The van der Waals surface area contributed by atoms with Gasteiger partial charge in [0.05, 0.1) is 12.7 Å². The van der Waals surface area contributed by atoms with Crippen molar-refractivity contribution in [3.05, 3.63) is 15.3 Å². The fourth-order valence-corrected chi connectivity index (χ4v) is 3.95. The summed E-state index contributed by atoms with van der Waals surface area (Å²) in [6.07, 6.45) is -1.97. The first kappa shape index (κ1) is 13.8. The van der Waals surface area contributed by atoms with Gasteiger partial charge in [-0.15, -0.1) is 0 Å². The van der Waals surface area contributed by atoms with E-state index in [1.165, 1.54) is 29.7 Å². The fourth-order valence-electron chi connectivity index (χ4n) is 0.977. The molecular formula is C7H5ClF2INO3S. The molecule has 1 aromatic heterocycles. The number of aromatic nitrogens is 1. The van der Waals surface area contributed by atoms with Crippen molar-refractivity contribution in [1.29, 1.82) is 0 Å². The average molecular weight is 384 g/mol. The zero-order valence-electron chi connectivity index (χ0n) is 7.75. The van der Waals surface area contributed by atoms with E-state index in [1.54, 1.807) is 0 Å². The third kappa shape index (κ3) is 2.72. The zero-order chi connectivity index (χ0) is 12.5. The van der Waals surface area contributed by atoms with E-state index in [1.807, 2.05) is 0 Å². The monoisotopic (exact) mass is 383 g/mol. The second-order valence-electron chi connectivity index (χ2n) is 2.60. The molecule has 0 amide bonds. The molecule has 0 aliphatic rings. The van der Waals surface area contributed by atoms with Crippen LogP contribution in [0.1, 0.15) is 12.0 Å². The molecule has 4 nitrogen and oxygen atoms in total. The number of methoxy groups -OCH3 is 1. The van der Waals surface area contributed by atoms with Crippen LogP contribution in [0.3, 0.4) is 0 Å². The molecule has 0 unspecified atom stereocenters. The van der Waals surface area contributed by atoms with Gasteiger partial charge < -0.3 is 4.74 Å². The molecule has 0 fully saturated rings. The predicted octanol–water partition coefficient (Wildman–Crippen LogP) is 2.56. The molecule has 1 heterocycles. The minimum absolute atomic E-state index is 0.186. The molecule has 0 atom stereocenters. The molecule has 0 aromatic carbocycles. The van der Waals surface area contributed by atoms with Gasteiger partial charge in [-0.05, 0) is 22.6 Å². The molecule has 16 heavy (non-hydrogen) atoms. The summed E-state index contributed by atoms with van der Waals surface area (Å²) in [7, 11) is 2.11. The van der Waals surface area contributed by atoms with Gasteiger partial charge in [0.2, 0.25) is 5.88 Å². The van der Waals surface area contributed by atoms with Crippen LogP contribution in [0.5, 0.6) is 5.88 Å². The lowest BCUT2D eigenvalue weighted by Crippen LogP contribution is -2.05. The maximum atomic E-state index is 12.5. The van der Waals surface area contributed by atoms with Crippen LogP contribution in [0.25, 0.3) is 0 Å². The van der Waals surface area contributed by atoms with Crippen molar-refractivity contribution in [2.45, 2.75) is 11.3 Å². The van der Waals surface area contributed by atoms with Crippen LogP contribution in [-0.4, -0.2) is 20.5 Å². The minimum atomic E-state index is -4.19. The predicted molar refractivity (Wildman–Crippen MR) is 61.5 cm³/mol. The Morgan fingerprint density at radius 1 is 1.56 bits per heavy atom. The SMILES string of the molecule is COc1ncc(C(F)F)c(I)c1S(=O)(=O)Cl. The van der Waals surface area contributed by atoms with E-state index in [-0.39, 0.29) is 9.45 Å². The van der Waals surface area contributed by atoms with Gasteiger partial charge in [-0.1, -0.05) is 0 Å². The van der Waals surface area contributed by atoms with Crippen LogP contribution in [0.15, 0.2) is 11.1 Å². The highest BCUT2D eigenvalue weighted by atomic mass is 127. The van der Waals surface area contributed by atoms with Crippen molar-refractivity contribution in [3.8, 4) is 5.88 Å². The van der Waals surface area contributed by atoms with Crippen molar-refractivity contribution in [1.82, 2.24) is 4.98 Å². The van der Waals surface area contributed by atoms with E-state index < -0.39 is 25.9 Å². The molecule has 1 rings (SSSR count). The number of ether oxygens (including phenoxy) is 1. The quantitative estimate of drug-likeness (QED) is 0.595. The van der Waals surface area contributed by atoms with Gasteiger partial charge in [-0.25, -0.2) is 22.2 Å². The fraction of sp³-hybridized carbons (Fsp3) is 0.286. The number of rotatable bonds is 3. The molecule has 0 aliphatic heterocycles. The Morgan fingerprint density at radius 2 is 2.12 bits per heavy atom. The number of hydrogen-bond acceptors (Lipinski definition) is 4. The molecule has 0 bridgehead atoms. The Balaban J connectivity index is 3.60. The molecular weight excluding hydrogens is 379 g/mol. The summed E-state index contributed by atoms with van der Waals surface area (Å²) in [6.45, 7) is 0. The third-order valence-corrected chi connectivity index (χ3v) is 4.50. The van der Waals surface area contributed by atoms with Crippen molar-refractivity contribution in [2.24, 2.45) is 0 Å². The summed E-state index contributed by atoms with van der Waals surface area (Å²) in [5.41, 5.74) is -0.499. The highest BCUT2D eigenvalue weighted by Gasteiger charge is 2.27. The standard InChI is InChI=1S/C7H5ClF2INO3S/c1-15-7-5(16(8,13)14)4(11)3(2-12-7)6(9)10/h2,6H,1H3. The first-order chi connectivity index (χ1) is 7.29. The van der Waals surface area contributed by atoms with Crippen molar-refractivity contribution >= 4 is 42.3 Å². The Kier molecular flexibility index (Phi) is 4.29. The van der Waals surface area contributed by atoms with Gasteiger partial charge in [-0.2, -0.15) is 0 Å². The summed E-state index contributed by atoms with van der Waals surface area (Å²) in [5, 5.41) is 0. The molecule has 0 spiro atoms. The van der Waals surface area contributed by atoms with E-state index in [0.717, 1.165) is 6.20 Å². The lowest BCUT2D eigenvalue weighted by molar-refractivity contribution is 0.149. The van der Waals surface area contributed by atoms with Gasteiger partial charge in [0.1, 0.15) is 0 Å². The maximum Gasteiger partial charge on any atom is 0.267 e. The maximum absolute atomic E-state index is 12.5. The number of halogens is 4. The third-order valence-electron chi connectivity index (χ3n) is 1.64. The van der Waals surface area contributed by atoms with Crippen molar-refractivity contribution in [3.63, 3.8) is 0 Å². The van der Waals surface area contributed by atoms with Crippen LogP contribution in [-0.2, 0) is 9.05 Å². The van der Waals surface area contributed by atoms with Crippen LogP contribution < -0.4 is 4.74 Å². The summed E-state index contributed by atoms with van der Waals surface area (Å²) in [6, 6.07) is 0. The van der Waals surface area contributed by atoms with Crippen LogP contribution in [0.4, 0.5) is 8.78 Å². The second-order valence-corrected chi connectivity index (χ2v) is 6.19. The molecule has 0 radical (unpaired) electrons. The number of pyridine rings is 1. The molecule has 0 saturated heterocycles. The van der Waals surface area contributed by atoms with E-state index >= 15 is 0 Å². The van der Waals surface area contributed by atoms with Crippen LogP contribution in [0.2, 0.25) is 0 Å². The van der Waals surface area contributed by atoms with Crippen molar-refractivity contribution in [2.75, 3.05) is 7.11 Å². The summed E-state index contributed by atoms with van der Waals surface area (Å²) >= 11 is 1.47. The Morgan fingerprint density at radius 3 is 2.50 bits per heavy atom. The van der Waals surface area contributed by atoms with Gasteiger partial charge >= 0.3 is 0 Å².